The van der Waals surface area contributed by atoms with Gasteiger partial charge in [-0.05, 0) is 69.0 Å². The molecule has 3 aromatic rings. The molecule has 1 aromatic carbocycles. The number of rotatable bonds is 6. The molecule has 34 heavy (non-hydrogen) atoms. The van der Waals surface area contributed by atoms with Crippen molar-refractivity contribution in [2.75, 3.05) is 6.61 Å². The van der Waals surface area contributed by atoms with Crippen LogP contribution in [0.4, 0.5) is 0 Å². The van der Waals surface area contributed by atoms with E-state index in [0.717, 1.165) is 47.2 Å². The summed E-state index contributed by atoms with van der Waals surface area (Å²) in [5, 5.41) is 5.35. The number of carbonyl (C=O) groups is 2. The maximum atomic E-state index is 13.9. The number of ether oxygens (including phenoxy) is 1. The first-order valence-corrected chi connectivity index (χ1v) is 13.2. The number of benzene rings is 1. The van der Waals surface area contributed by atoms with Gasteiger partial charge in [0.2, 0.25) is 5.91 Å². The summed E-state index contributed by atoms with van der Waals surface area (Å²) in [7, 11) is 0. The number of amides is 2. The van der Waals surface area contributed by atoms with Gasteiger partial charge in [0, 0.05) is 11.6 Å². The minimum absolute atomic E-state index is 0.0722. The molecule has 1 atom stereocenters. The van der Waals surface area contributed by atoms with Crippen LogP contribution in [0.15, 0.2) is 41.8 Å². The number of hydrogen-bond donors (Lipinski definition) is 1. The van der Waals surface area contributed by atoms with Crippen LogP contribution < -0.4 is 10.1 Å². The zero-order valence-electron chi connectivity index (χ0n) is 20.2. The Morgan fingerprint density at radius 1 is 1.21 bits per heavy atom. The predicted molar refractivity (Wildman–Crippen MR) is 135 cm³/mol. The molecule has 6 nitrogen and oxygen atoms in total. The second kappa shape index (κ2) is 9.10. The molecular weight excluding hydrogens is 446 g/mol. The lowest BCUT2D eigenvalue weighted by atomic mass is 9.86. The monoisotopic (exact) mass is 479 g/mol. The van der Waals surface area contributed by atoms with Crippen LogP contribution >= 0.6 is 11.3 Å². The molecule has 1 fully saturated rings. The van der Waals surface area contributed by atoms with Crippen molar-refractivity contribution >= 4 is 33.4 Å². The van der Waals surface area contributed by atoms with Crippen LogP contribution in [-0.4, -0.2) is 39.5 Å². The van der Waals surface area contributed by atoms with Gasteiger partial charge in [0.05, 0.1) is 29.9 Å². The van der Waals surface area contributed by atoms with Crippen molar-refractivity contribution in [3.63, 3.8) is 0 Å². The van der Waals surface area contributed by atoms with Crippen molar-refractivity contribution in [1.29, 1.82) is 0 Å². The third kappa shape index (κ3) is 4.00. The Bertz CT molecular complexity index is 1210. The number of para-hydroxylation sites is 1. The molecule has 0 bridgehead atoms. The van der Waals surface area contributed by atoms with Crippen molar-refractivity contribution in [3.05, 3.63) is 53.0 Å². The summed E-state index contributed by atoms with van der Waals surface area (Å²) in [4.78, 5) is 29.5. The lowest BCUT2D eigenvalue weighted by molar-refractivity contribution is -0.134. The Labute approximate surface area is 204 Å². The highest BCUT2D eigenvalue weighted by Gasteiger charge is 2.48. The van der Waals surface area contributed by atoms with E-state index in [2.05, 4.69) is 12.2 Å². The van der Waals surface area contributed by atoms with Crippen molar-refractivity contribution in [2.45, 2.75) is 71.1 Å². The average molecular weight is 480 g/mol. The van der Waals surface area contributed by atoms with E-state index in [1.54, 1.807) is 16.2 Å². The highest BCUT2D eigenvalue weighted by molar-refractivity contribution is 7.17. The van der Waals surface area contributed by atoms with Gasteiger partial charge in [0.25, 0.3) is 5.91 Å². The van der Waals surface area contributed by atoms with Gasteiger partial charge in [-0.3, -0.25) is 9.59 Å². The quantitative estimate of drug-likeness (QED) is 0.528. The highest BCUT2D eigenvalue weighted by Crippen LogP contribution is 2.36. The Balaban J connectivity index is 1.51. The smallest absolute Gasteiger partial charge is 0.271 e. The molecule has 2 amide bonds. The van der Waals surface area contributed by atoms with E-state index < -0.39 is 5.54 Å². The number of carbonyl (C=O) groups excluding carboxylic acids is 2. The van der Waals surface area contributed by atoms with Crippen LogP contribution in [-0.2, 0) is 17.9 Å². The Hall–Kier alpha value is -2.80. The molecule has 2 aliphatic rings. The summed E-state index contributed by atoms with van der Waals surface area (Å²) in [5.41, 5.74) is 1.56. The molecule has 1 aliphatic carbocycles. The second-order valence-electron chi connectivity index (χ2n) is 9.92. The molecule has 0 radical (unpaired) electrons. The summed E-state index contributed by atoms with van der Waals surface area (Å²) in [6.45, 7) is 7.43. The summed E-state index contributed by atoms with van der Waals surface area (Å²) in [6.07, 6.45) is 4.24. The largest absolute Gasteiger partial charge is 0.494 e. The van der Waals surface area contributed by atoms with Crippen LogP contribution in [0.25, 0.3) is 10.2 Å². The maximum Gasteiger partial charge on any atom is 0.271 e. The lowest BCUT2D eigenvalue weighted by Crippen LogP contribution is -2.64. The van der Waals surface area contributed by atoms with Gasteiger partial charge in [0.1, 0.15) is 17.0 Å². The molecule has 1 saturated carbocycles. The van der Waals surface area contributed by atoms with Crippen LogP contribution in [0.5, 0.6) is 5.75 Å². The molecule has 0 unspecified atom stereocenters. The molecule has 180 valence electrons. The molecule has 1 aliphatic heterocycles. The first kappa shape index (κ1) is 23.0. The predicted octanol–water partition coefficient (Wildman–Crippen LogP) is 5.21. The zero-order valence-corrected chi connectivity index (χ0v) is 21.0. The Morgan fingerprint density at radius 2 is 1.97 bits per heavy atom. The van der Waals surface area contributed by atoms with Gasteiger partial charge in [-0.25, -0.2) is 0 Å². The molecule has 5 rings (SSSR count). The van der Waals surface area contributed by atoms with Crippen LogP contribution in [0.1, 0.15) is 62.5 Å². The molecule has 7 heteroatoms. The van der Waals surface area contributed by atoms with E-state index in [1.165, 1.54) is 0 Å². The highest BCUT2D eigenvalue weighted by atomic mass is 32.1. The number of aromatic nitrogens is 1. The number of thiophene rings is 1. The normalized spacial score (nSPS) is 24.8. The van der Waals surface area contributed by atoms with E-state index in [1.807, 2.05) is 60.2 Å². The summed E-state index contributed by atoms with van der Waals surface area (Å²) in [6, 6.07) is 12.0. The Kier molecular flexibility index (Phi) is 6.15. The van der Waals surface area contributed by atoms with Crippen LogP contribution in [0, 0.1) is 5.92 Å². The van der Waals surface area contributed by atoms with Gasteiger partial charge < -0.3 is 19.5 Å². The standard InChI is InChI=1S/C27H33N3O3S/c1-4-33-23-8-6-5-7-19(23)16-30-25(31)22-15-24-21(13-14-34-24)29(22)17-27(30,3)26(32)28-20-11-9-18(2)10-12-20/h5-8,13-15,18,20H,4,9-12,16-17H2,1-3H3,(H,28,32)/t18?,20?,27-/m0/s1. The van der Waals surface area contributed by atoms with Crippen LogP contribution in [0.2, 0.25) is 0 Å². The Morgan fingerprint density at radius 3 is 2.74 bits per heavy atom. The van der Waals surface area contributed by atoms with E-state index in [0.29, 0.717) is 31.3 Å². The van der Waals surface area contributed by atoms with E-state index in [9.17, 15) is 9.59 Å². The summed E-state index contributed by atoms with van der Waals surface area (Å²) in [5.74, 6) is 1.28. The third-order valence-corrected chi connectivity index (χ3v) is 8.34. The van der Waals surface area contributed by atoms with Crippen molar-refractivity contribution in [3.8, 4) is 5.75 Å². The molecular formula is C27H33N3O3S. The number of hydrogen-bond acceptors (Lipinski definition) is 4. The average Bonchev–Trinajstić information content (AvgIpc) is 3.42. The fraction of sp³-hybridized carbons (Fsp3) is 0.481. The molecule has 3 heterocycles. The van der Waals surface area contributed by atoms with Crippen molar-refractivity contribution in [1.82, 2.24) is 14.8 Å². The summed E-state index contributed by atoms with van der Waals surface area (Å²) < 4.78 is 8.94. The topological polar surface area (TPSA) is 63.6 Å². The van der Waals surface area contributed by atoms with Gasteiger partial charge in [0.15, 0.2) is 0 Å². The molecule has 1 N–H and O–H groups in total. The van der Waals surface area contributed by atoms with E-state index in [4.69, 9.17) is 4.74 Å². The van der Waals surface area contributed by atoms with Gasteiger partial charge in [-0.15, -0.1) is 11.3 Å². The molecule has 0 saturated heterocycles. The second-order valence-corrected chi connectivity index (χ2v) is 10.9. The molecule has 2 aromatic heterocycles. The number of fused-ring (bicyclic) bond motifs is 3. The summed E-state index contributed by atoms with van der Waals surface area (Å²) >= 11 is 1.62. The minimum atomic E-state index is -1.01. The first-order valence-electron chi connectivity index (χ1n) is 12.3. The maximum absolute atomic E-state index is 13.9. The SMILES string of the molecule is CCOc1ccccc1CN1C(=O)c2cc3sccc3n2C[C@@]1(C)C(=O)NC1CCC(C)CC1. The van der Waals surface area contributed by atoms with E-state index in [-0.39, 0.29) is 17.9 Å². The van der Waals surface area contributed by atoms with Gasteiger partial charge in [-0.2, -0.15) is 0 Å². The lowest BCUT2D eigenvalue weighted by Gasteiger charge is -2.45. The third-order valence-electron chi connectivity index (χ3n) is 7.49. The minimum Gasteiger partial charge on any atom is -0.494 e. The van der Waals surface area contributed by atoms with Crippen LogP contribution in [0.3, 0.4) is 0 Å². The fourth-order valence-corrected chi connectivity index (χ4v) is 6.19. The molecule has 0 spiro atoms. The van der Waals surface area contributed by atoms with Gasteiger partial charge in [-0.1, -0.05) is 25.1 Å². The number of nitrogens with one attached hydrogen (secondary N) is 1. The van der Waals surface area contributed by atoms with Crippen molar-refractivity contribution < 1.29 is 14.3 Å². The van der Waals surface area contributed by atoms with Gasteiger partial charge >= 0.3 is 0 Å². The number of nitrogens with zero attached hydrogens (tertiary/aromatic N) is 2. The first-order chi connectivity index (χ1) is 16.4. The zero-order chi connectivity index (χ0) is 23.9. The van der Waals surface area contributed by atoms with E-state index >= 15 is 0 Å². The fourth-order valence-electron chi connectivity index (χ4n) is 5.37. The van der Waals surface area contributed by atoms with Crippen molar-refractivity contribution in [2.24, 2.45) is 5.92 Å².